The lowest BCUT2D eigenvalue weighted by Crippen LogP contribution is -2.41. The van der Waals surface area contributed by atoms with Crippen LogP contribution in [0.4, 0.5) is 0 Å². The number of carbonyl (C=O) groups is 3. The third-order valence-corrected chi connectivity index (χ3v) is 2.89. The van der Waals surface area contributed by atoms with E-state index in [0.29, 0.717) is 11.5 Å². The fraction of sp³-hybridized carbons (Fsp3) is 0. The Balaban J connectivity index is 1.97. The molecule has 0 radical (unpaired) electrons. The second-order valence-electron chi connectivity index (χ2n) is 4.23. The molecule has 0 saturated carbocycles. The lowest BCUT2D eigenvalue weighted by Gasteiger charge is -2.15. The van der Waals surface area contributed by atoms with Crippen molar-refractivity contribution in [1.29, 1.82) is 0 Å². The van der Waals surface area contributed by atoms with Gasteiger partial charge in [0.25, 0.3) is 17.6 Å². The third-order valence-electron chi connectivity index (χ3n) is 2.89. The van der Waals surface area contributed by atoms with Crippen molar-refractivity contribution in [3.63, 3.8) is 0 Å². The van der Waals surface area contributed by atoms with Gasteiger partial charge >= 0.3 is 0 Å². The normalized spacial score (nSPS) is 13.7. The molecule has 0 fully saturated rings. The molecule has 1 aliphatic heterocycles. The first kappa shape index (κ1) is 12.1. The lowest BCUT2D eigenvalue weighted by atomic mass is 9.98. The summed E-state index contributed by atoms with van der Waals surface area (Å²) in [7, 11) is 0. The number of fused-ring (bicyclic) bond motifs is 1. The van der Waals surface area contributed by atoms with Crippen LogP contribution in [0.25, 0.3) is 0 Å². The predicted molar refractivity (Wildman–Crippen MR) is 69.8 cm³/mol. The van der Waals surface area contributed by atoms with Gasteiger partial charge in [0.2, 0.25) is 0 Å². The molecule has 0 unspecified atom stereocenters. The zero-order chi connectivity index (χ0) is 14.1. The van der Waals surface area contributed by atoms with Gasteiger partial charge in [-0.2, -0.15) is 0 Å². The number of nitrogens with one attached hydrogen (secondary N) is 1. The number of Topliss-reactive ketones (excluding diaryl/α,β-unsaturated/α-hetero) is 1. The number of carbonyl (C=O) groups excluding carboxylic acids is 3. The molecule has 3 rings (SSSR count). The van der Waals surface area contributed by atoms with E-state index in [4.69, 9.17) is 4.74 Å². The summed E-state index contributed by atoms with van der Waals surface area (Å²) in [5.41, 5.74) is 0.238. The molecule has 98 valence electrons. The Morgan fingerprint density at radius 1 is 0.750 bits per heavy atom. The van der Waals surface area contributed by atoms with Gasteiger partial charge in [0.1, 0.15) is 11.5 Å². The Kier molecular flexibility index (Phi) is 2.80. The molecule has 2 aromatic rings. The van der Waals surface area contributed by atoms with Crippen LogP contribution in [-0.4, -0.2) is 17.6 Å². The average molecular weight is 267 g/mol. The summed E-state index contributed by atoms with van der Waals surface area (Å²) in [4.78, 5) is 34.6. The van der Waals surface area contributed by atoms with Crippen LogP contribution >= 0.6 is 0 Å². The van der Waals surface area contributed by atoms with E-state index < -0.39 is 17.6 Å². The minimum atomic E-state index is -0.903. The fourth-order valence-corrected chi connectivity index (χ4v) is 1.95. The number of para-hydroxylation sites is 1. The topological polar surface area (TPSA) is 72.5 Å². The fourth-order valence-electron chi connectivity index (χ4n) is 1.95. The van der Waals surface area contributed by atoms with E-state index in [0.717, 1.165) is 0 Å². The molecule has 1 heterocycles. The van der Waals surface area contributed by atoms with Crippen molar-refractivity contribution < 1.29 is 19.1 Å². The molecule has 5 nitrogen and oxygen atoms in total. The molecule has 2 aromatic carbocycles. The van der Waals surface area contributed by atoms with Gasteiger partial charge in [0.05, 0.1) is 5.56 Å². The van der Waals surface area contributed by atoms with Crippen LogP contribution in [-0.2, 0) is 4.79 Å². The van der Waals surface area contributed by atoms with E-state index >= 15 is 0 Å². The van der Waals surface area contributed by atoms with Crippen LogP contribution in [0.1, 0.15) is 20.7 Å². The number of ketones is 1. The van der Waals surface area contributed by atoms with Crippen LogP contribution < -0.4 is 10.1 Å². The van der Waals surface area contributed by atoms with E-state index in [1.165, 1.54) is 12.1 Å². The van der Waals surface area contributed by atoms with Gasteiger partial charge in [0, 0.05) is 5.56 Å². The number of amides is 2. The number of hydrogen-bond acceptors (Lipinski definition) is 4. The van der Waals surface area contributed by atoms with Crippen molar-refractivity contribution in [2.45, 2.75) is 0 Å². The summed E-state index contributed by atoms with van der Waals surface area (Å²) in [5, 5.41) is 1.99. The van der Waals surface area contributed by atoms with Crippen molar-refractivity contribution in [1.82, 2.24) is 5.32 Å². The molecule has 2 amide bonds. The first-order valence-electron chi connectivity index (χ1n) is 5.92. The molecule has 20 heavy (non-hydrogen) atoms. The maximum atomic E-state index is 11.7. The maximum absolute atomic E-state index is 11.7. The monoisotopic (exact) mass is 267 g/mol. The van der Waals surface area contributed by atoms with Gasteiger partial charge in [-0.3, -0.25) is 19.7 Å². The smallest absolute Gasteiger partial charge is 0.299 e. The standard InChI is InChI=1S/C15H9NO4/c17-13-11-7-6-10(20-9-4-2-1-3-5-9)8-12(11)14(18)16-15(13)19/h1-8H,(H,16,18,19). The van der Waals surface area contributed by atoms with Crippen molar-refractivity contribution in [2.75, 3.05) is 0 Å². The Morgan fingerprint density at radius 3 is 2.25 bits per heavy atom. The SMILES string of the molecule is O=C1NC(=O)c2cc(Oc3ccccc3)ccc2C1=O. The van der Waals surface area contributed by atoms with Gasteiger partial charge in [-0.05, 0) is 30.3 Å². The minimum Gasteiger partial charge on any atom is -0.457 e. The molecule has 0 bridgehead atoms. The summed E-state index contributed by atoms with van der Waals surface area (Å²) in [6.45, 7) is 0. The summed E-state index contributed by atoms with van der Waals surface area (Å²) < 4.78 is 5.58. The summed E-state index contributed by atoms with van der Waals surface area (Å²) in [5.74, 6) is -1.17. The molecule has 0 spiro atoms. The predicted octanol–water partition coefficient (Wildman–Crippen LogP) is 1.93. The van der Waals surface area contributed by atoms with Gasteiger partial charge in [0.15, 0.2) is 0 Å². The zero-order valence-electron chi connectivity index (χ0n) is 10.3. The van der Waals surface area contributed by atoms with Crippen molar-refractivity contribution in [3.8, 4) is 11.5 Å². The Morgan fingerprint density at radius 2 is 1.50 bits per heavy atom. The average Bonchev–Trinajstić information content (AvgIpc) is 2.46. The first-order chi connectivity index (χ1) is 9.65. The number of ether oxygens (including phenoxy) is 1. The molecule has 0 atom stereocenters. The van der Waals surface area contributed by atoms with Gasteiger partial charge in [-0.25, -0.2) is 0 Å². The molecule has 1 N–H and O–H groups in total. The quantitative estimate of drug-likeness (QED) is 0.666. The van der Waals surface area contributed by atoms with E-state index in [1.807, 2.05) is 23.5 Å². The summed E-state index contributed by atoms with van der Waals surface area (Å²) in [6, 6.07) is 13.5. The van der Waals surface area contributed by atoms with Crippen LogP contribution in [0.3, 0.4) is 0 Å². The summed E-state index contributed by atoms with van der Waals surface area (Å²) >= 11 is 0. The first-order valence-corrected chi connectivity index (χ1v) is 5.92. The molecule has 0 aliphatic carbocycles. The van der Waals surface area contributed by atoms with E-state index in [2.05, 4.69) is 0 Å². The number of rotatable bonds is 2. The Bertz CT molecular complexity index is 722. The van der Waals surface area contributed by atoms with Gasteiger partial charge in [-0.1, -0.05) is 18.2 Å². The number of hydrogen-bond donors (Lipinski definition) is 1. The molecule has 5 heteroatoms. The Labute approximate surface area is 114 Å². The zero-order valence-corrected chi connectivity index (χ0v) is 10.3. The molecular weight excluding hydrogens is 258 g/mol. The highest BCUT2D eigenvalue weighted by Crippen LogP contribution is 2.25. The third kappa shape index (κ3) is 2.05. The lowest BCUT2D eigenvalue weighted by molar-refractivity contribution is -0.116. The van der Waals surface area contributed by atoms with Crippen LogP contribution in [0.5, 0.6) is 11.5 Å². The maximum Gasteiger partial charge on any atom is 0.299 e. The van der Waals surface area contributed by atoms with E-state index in [-0.39, 0.29) is 11.1 Å². The second-order valence-corrected chi connectivity index (χ2v) is 4.23. The highest BCUT2D eigenvalue weighted by atomic mass is 16.5. The van der Waals surface area contributed by atoms with E-state index in [9.17, 15) is 14.4 Å². The summed E-state index contributed by atoms with van der Waals surface area (Å²) in [6.07, 6.45) is 0. The van der Waals surface area contributed by atoms with E-state index in [1.54, 1.807) is 18.2 Å². The molecule has 0 saturated heterocycles. The highest BCUT2D eigenvalue weighted by Gasteiger charge is 2.30. The Hall–Kier alpha value is -2.95. The van der Waals surface area contributed by atoms with Crippen molar-refractivity contribution in [2.24, 2.45) is 0 Å². The van der Waals surface area contributed by atoms with Crippen LogP contribution in [0, 0.1) is 0 Å². The second kappa shape index (κ2) is 4.62. The number of imide groups is 1. The van der Waals surface area contributed by atoms with Crippen molar-refractivity contribution >= 4 is 17.6 Å². The number of benzene rings is 2. The van der Waals surface area contributed by atoms with Crippen LogP contribution in [0.2, 0.25) is 0 Å². The minimum absolute atomic E-state index is 0.0964. The van der Waals surface area contributed by atoms with Crippen LogP contribution in [0.15, 0.2) is 48.5 Å². The van der Waals surface area contributed by atoms with Crippen molar-refractivity contribution in [3.05, 3.63) is 59.7 Å². The van der Waals surface area contributed by atoms with Gasteiger partial charge < -0.3 is 4.74 Å². The molecular formula is C15H9NO4. The molecule has 0 aromatic heterocycles. The molecule has 1 aliphatic rings. The van der Waals surface area contributed by atoms with Gasteiger partial charge in [-0.15, -0.1) is 0 Å². The highest BCUT2D eigenvalue weighted by molar-refractivity contribution is 6.49. The largest absolute Gasteiger partial charge is 0.457 e.